The van der Waals surface area contributed by atoms with Gasteiger partial charge in [-0.05, 0) is 42.0 Å². The number of nitrogens with one attached hydrogen (secondary N) is 2. The van der Waals surface area contributed by atoms with Crippen molar-refractivity contribution in [2.24, 2.45) is 0 Å². The summed E-state index contributed by atoms with van der Waals surface area (Å²) >= 11 is 0. The minimum atomic E-state index is -1.43. The van der Waals surface area contributed by atoms with Crippen LogP contribution in [-0.4, -0.2) is 56.9 Å². The molecule has 162 valence electrons. The maximum Gasteiger partial charge on any atom is 0.336 e. The fourth-order valence-electron chi connectivity index (χ4n) is 2.50. The lowest BCUT2D eigenvalue weighted by Crippen LogP contribution is -2.34. The lowest BCUT2D eigenvalue weighted by Gasteiger charge is -2.11. The Hall–Kier alpha value is -4.29. The predicted molar refractivity (Wildman–Crippen MR) is 101 cm³/mol. The minimum Gasteiger partial charge on any atom is -0.478 e. The van der Waals surface area contributed by atoms with E-state index in [0.29, 0.717) is 0 Å². The van der Waals surface area contributed by atoms with Gasteiger partial charge in [0, 0.05) is 0 Å². The van der Waals surface area contributed by atoms with Crippen molar-refractivity contribution >= 4 is 29.8 Å². The van der Waals surface area contributed by atoms with E-state index in [-0.39, 0.29) is 41.1 Å². The number of hydroxylamine groups is 1. The molecule has 0 saturated heterocycles. The SMILES string of the molecule is O=C(O)c1ccc(C(=O)O)c(CONCNC(=O)c2cc(C(=O)O)ccc2C(=O)O)c1. The summed E-state index contributed by atoms with van der Waals surface area (Å²) in [5, 5.41) is 38.6. The van der Waals surface area contributed by atoms with Gasteiger partial charge in [0.2, 0.25) is 0 Å². The van der Waals surface area contributed by atoms with Crippen molar-refractivity contribution in [1.29, 1.82) is 0 Å². The van der Waals surface area contributed by atoms with Gasteiger partial charge in [-0.15, -0.1) is 0 Å². The maximum atomic E-state index is 12.2. The molecule has 0 fully saturated rings. The van der Waals surface area contributed by atoms with E-state index in [1.165, 1.54) is 0 Å². The average molecular weight is 432 g/mol. The summed E-state index contributed by atoms with van der Waals surface area (Å²) in [5.74, 6) is -6.20. The molecular formula is C19H16N2O10. The summed E-state index contributed by atoms with van der Waals surface area (Å²) in [5.41, 5.74) is 0.987. The Morgan fingerprint density at radius 3 is 1.81 bits per heavy atom. The van der Waals surface area contributed by atoms with Crippen molar-refractivity contribution in [3.05, 3.63) is 69.8 Å². The van der Waals surface area contributed by atoms with Crippen LogP contribution in [0, 0.1) is 0 Å². The normalized spacial score (nSPS) is 10.3. The third-order valence-electron chi connectivity index (χ3n) is 3.98. The van der Waals surface area contributed by atoms with Crippen LogP contribution in [0.1, 0.15) is 57.4 Å². The average Bonchev–Trinajstić information content (AvgIpc) is 2.72. The number of hydrogen-bond acceptors (Lipinski definition) is 7. The molecule has 12 heteroatoms. The van der Waals surface area contributed by atoms with Crippen LogP contribution in [0.2, 0.25) is 0 Å². The van der Waals surface area contributed by atoms with Crippen LogP contribution in [0.5, 0.6) is 0 Å². The standard InChI is InChI=1S/C19H16N2O10/c22-15(14-6-10(17(25)26)2-4-13(14)19(29)30)20-8-21-31-7-11-5-9(16(23)24)1-3-12(11)18(27)28/h1-6,21H,7-8H2,(H,20,22)(H,23,24)(H,25,26)(H,27,28)(H,29,30). The Morgan fingerprint density at radius 1 is 0.710 bits per heavy atom. The molecule has 0 heterocycles. The van der Waals surface area contributed by atoms with E-state index in [9.17, 15) is 24.0 Å². The smallest absolute Gasteiger partial charge is 0.336 e. The van der Waals surface area contributed by atoms with Crippen molar-refractivity contribution in [3.63, 3.8) is 0 Å². The van der Waals surface area contributed by atoms with Crippen LogP contribution in [0.4, 0.5) is 0 Å². The van der Waals surface area contributed by atoms with E-state index >= 15 is 0 Å². The van der Waals surface area contributed by atoms with Crippen molar-refractivity contribution in [1.82, 2.24) is 10.8 Å². The first-order valence-corrected chi connectivity index (χ1v) is 8.44. The first-order chi connectivity index (χ1) is 14.6. The Balaban J connectivity index is 2.00. The monoisotopic (exact) mass is 432 g/mol. The molecule has 0 radical (unpaired) electrons. The molecule has 0 bridgehead atoms. The van der Waals surface area contributed by atoms with Crippen molar-refractivity contribution in [2.75, 3.05) is 6.67 Å². The van der Waals surface area contributed by atoms with E-state index < -0.39 is 35.3 Å². The summed E-state index contributed by atoms with van der Waals surface area (Å²) < 4.78 is 0. The Labute approximate surface area is 173 Å². The molecule has 0 spiro atoms. The number of aromatic carboxylic acids is 4. The lowest BCUT2D eigenvalue weighted by atomic mass is 10.0. The van der Waals surface area contributed by atoms with Gasteiger partial charge in [-0.3, -0.25) is 9.63 Å². The summed E-state index contributed by atoms with van der Waals surface area (Å²) in [6.07, 6.45) is 0. The molecule has 31 heavy (non-hydrogen) atoms. The molecule has 2 rings (SSSR count). The largest absolute Gasteiger partial charge is 0.478 e. The van der Waals surface area contributed by atoms with Gasteiger partial charge in [0.05, 0.1) is 41.1 Å². The minimum absolute atomic E-state index is 0.0635. The fourth-order valence-corrected chi connectivity index (χ4v) is 2.50. The topological polar surface area (TPSA) is 200 Å². The molecule has 2 aromatic carbocycles. The fraction of sp³-hybridized carbons (Fsp3) is 0.105. The summed E-state index contributed by atoms with van der Waals surface area (Å²) in [4.78, 5) is 61.8. The van der Waals surface area contributed by atoms with Gasteiger partial charge in [0.25, 0.3) is 5.91 Å². The van der Waals surface area contributed by atoms with Crippen LogP contribution < -0.4 is 10.8 Å². The number of rotatable bonds is 10. The Bertz CT molecular complexity index is 1060. The zero-order valence-corrected chi connectivity index (χ0v) is 15.6. The van der Waals surface area contributed by atoms with Crippen LogP contribution in [-0.2, 0) is 11.4 Å². The second-order valence-corrected chi connectivity index (χ2v) is 5.97. The predicted octanol–water partition coefficient (Wildman–Crippen LogP) is 0.888. The molecule has 0 aliphatic rings. The molecule has 0 aromatic heterocycles. The Kier molecular flexibility index (Phi) is 7.38. The van der Waals surface area contributed by atoms with Crippen LogP contribution in [0.25, 0.3) is 0 Å². The van der Waals surface area contributed by atoms with Crippen LogP contribution in [0.15, 0.2) is 36.4 Å². The molecule has 1 amide bonds. The number of amides is 1. The number of carbonyl (C=O) groups is 5. The quantitative estimate of drug-likeness (QED) is 0.177. The third-order valence-corrected chi connectivity index (χ3v) is 3.98. The van der Waals surface area contributed by atoms with Gasteiger partial charge >= 0.3 is 23.9 Å². The first kappa shape index (κ1) is 23.0. The molecular weight excluding hydrogens is 416 g/mol. The third kappa shape index (κ3) is 5.85. The van der Waals surface area contributed by atoms with E-state index in [1.807, 2.05) is 0 Å². The van der Waals surface area contributed by atoms with Crippen molar-refractivity contribution in [3.8, 4) is 0 Å². The molecule has 0 saturated carbocycles. The molecule has 0 aliphatic heterocycles. The highest BCUT2D eigenvalue weighted by molar-refractivity contribution is 6.06. The molecule has 2 aromatic rings. The van der Waals surface area contributed by atoms with Crippen molar-refractivity contribution < 1.29 is 49.2 Å². The molecule has 0 atom stereocenters. The van der Waals surface area contributed by atoms with E-state index in [1.54, 1.807) is 0 Å². The van der Waals surface area contributed by atoms with Crippen LogP contribution >= 0.6 is 0 Å². The summed E-state index contributed by atoms with van der Waals surface area (Å²) in [7, 11) is 0. The van der Waals surface area contributed by atoms with Gasteiger partial charge in [0.1, 0.15) is 0 Å². The summed E-state index contributed by atoms with van der Waals surface area (Å²) in [6, 6.07) is 6.34. The van der Waals surface area contributed by atoms with Gasteiger partial charge in [-0.1, -0.05) is 0 Å². The molecule has 12 nitrogen and oxygen atoms in total. The molecule has 6 N–H and O–H groups in total. The van der Waals surface area contributed by atoms with E-state index in [0.717, 1.165) is 36.4 Å². The van der Waals surface area contributed by atoms with Gasteiger partial charge in [-0.25, -0.2) is 19.2 Å². The number of carboxylic acids is 4. The Morgan fingerprint density at radius 2 is 1.26 bits per heavy atom. The number of benzene rings is 2. The van der Waals surface area contributed by atoms with Crippen LogP contribution in [0.3, 0.4) is 0 Å². The van der Waals surface area contributed by atoms with E-state index in [2.05, 4.69) is 10.8 Å². The highest BCUT2D eigenvalue weighted by Gasteiger charge is 2.19. The zero-order chi connectivity index (χ0) is 23.1. The first-order valence-electron chi connectivity index (χ1n) is 8.44. The molecule has 0 aliphatic carbocycles. The van der Waals surface area contributed by atoms with Gasteiger partial charge < -0.3 is 25.7 Å². The number of carbonyl (C=O) groups excluding carboxylic acids is 1. The highest BCUT2D eigenvalue weighted by atomic mass is 16.6. The number of carboxylic acid groups (broad SMARTS) is 4. The number of hydrogen-bond donors (Lipinski definition) is 6. The summed E-state index contributed by atoms with van der Waals surface area (Å²) in [6.45, 7) is -0.705. The highest BCUT2D eigenvalue weighted by Crippen LogP contribution is 2.14. The zero-order valence-electron chi connectivity index (χ0n) is 15.6. The lowest BCUT2D eigenvalue weighted by molar-refractivity contribution is 0.0225. The molecule has 0 unspecified atom stereocenters. The maximum absolute atomic E-state index is 12.2. The van der Waals surface area contributed by atoms with Gasteiger partial charge in [0.15, 0.2) is 0 Å². The second kappa shape index (κ2) is 9.96. The second-order valence-electron chi connectivity index (χ2n) is 5.97. The van der Waals surface area contributed by atoms with Gasteiger partial charge in [-0.2, -0.15) is 5.48 Å². The van der Waals surface area contributed by atoms with E-state index in [4.69, 9.17) is 25.3 Å². The van der Waals surface area contributed by atoms with Crippen molar-refractivity contribution in [2.45, 2.75) is 6.61 Å².